The molecule has 0 radical (unpaired) electrons. The number of hydrogen-bond donors (Lipinski definition) is 1. The van der Waals surface area contributed by atoms with Crippen molar-refractivity contribution in [1.29, 1.82) is 0 Å². The van der Waals surface area contributed by atoms with Gasteiger partial charge in [-0.15, -0.1) is 0 Å². The van der Waals surface area contributed by atoms with Crippen LogP contribution in [0, 0.1) is 0 Å². The van der Waals surface area contributed by atoms with Gasteiger partial charge in [0, 0.05) is 19.7 Å². The third-order valence-corrected chi connectivity index (χ3v) is 4.54. The predicted molar refractivity (Wildman–Crippen MR) is 77.6 cm³/mol. The number of rotatable bonds is 3. The number of likely N-dealkylation sites (N-methyl/N-ethyl adjacent to an activating group) is 1. The van der Waals surface area contributed by atoms with Crippen LogP contribution in [-0.4, -0.2) is 49.7 Å². The smallest absolute Gasteiger partial charge is 0.237 e. The van der Waals surface area contributed by atoms with Crippen LogP contribution in [0.4, 0.5) is 0 Å². The fourth-order valence-corrected chi connectivity index (χ4v) is 3.39. The minimum atomic E-state index is -0.0522. The van der Waals surface area contributed by atoms with Crippen molar-refractivity contribution in [3.05, 3.63) is 35.4 Å². The predicted octanol–water partition coefficient (Wildman–Crippen LogP) is 0.989. The van der Waals surface area contributed by atoms with E-state index < -0.39 is 0 Å². The average Bonchev–Trinajstić information content (AvgIpc) is 3.01. The number of nitrogens with one attached hydrogen (secondary N) is 1. The summed E-state index contributed by atoms with van der Waals surface area (Å²) in [4.78, 5) is 14.5. The van der Waals surface area contributed by atoms with Crippen molar-refractivity contribution in [3.8, 4) is 0 Å². The zero-order valence-corrected chi connectivity index (χ0v) is 12.1. The first kappa shape index (κ1) is 13.6. The van der Waals surface area contributed by atoms with E-state index in [1.165, 1.54) is 11.1 Å². The Labute approximate surface area is 120 Å². The van der Waals surface area contributed by atoms with Gasteiger partial charge in [-0.3, -0.25) is 9.69 Å². The van der Waals surface area contributed by atoms with Crippen LogP contribution in [0.2, 0.25) is 0 Å². The maximum atomic E-state index is 12.4. The van der Waals surface area contributed by atoms with E-state index in [4.69, 9.17) is 4.74 Å². The molecule has 1 saturated heterocycles. The second-order valence-electron chi connectivity index (χ2n) is 5.93. The van der Waals surface area contributed by atoms with Gasteiger partial charge in [0.2, 0.25) is 5.91 Å². The van der Waals surface area contributed by atoms with Crippen molar-refractivity contribution in [2.45, 2.75) is 37.5 Å². The zero-order valence-electron chi connectivity index (χ0n) is 12.1. The molecule has 4 heteroatoms. The second kappa shape index (κ2) is 5.54. The van der Waals surface area contributed by atoms with E-state index in [2.05, 4.69) is 34.5 Å². The highest BCUT2D eigenvalue weighted by atomic mass is 16.5. The van der Waals surface area contributed by atoms with E-state index in [0.29, 0.717) is 0 Å². The molecule has 1 amide bonds. The first-order valence-electron chi connectivity index (χ1n) is 7.27. The Balaban J connectivity index is 1.58. The summed E-state index contributed by atoms with van der Waals surface area (Å²) in [6.07, 6.45) is 2.87. The molecule has 2 atom stereocenters. The summed E-state index contributed by atoms with van der Waals surface area (Å²) >= 11 is 0. The molecule has 20 heavy (non-hydrogen) atoms. The first-order chi connectivity index (χ1) is 9.67. The standard InChI is InChI=1S/C16H22N2O2/c1-18-10-14(20-2)9-15(18)16(19)17-13-7-11-5-3-4-6-12(11)8-13/h3-6,13-15H,7-10H2,1-2H3,(H,17,19)/t14-,15-/m0/s1. The minimum absolute atomic E-state index is 0.0522. The van der Waals surface area contributed by atoms with Gasteiger partial charge in [0.15, 0.2) is 0 Å². The number of ether oxygens (including phenoxy) is 1. The molecule has 1 N–H and O–H groups in total. The van der Waals surface area contributed by atoms with Gasteiger partial charge in [0.05, 0.1) is 12.1 Å². The third-order valence-electron chi connectivity index (χ3n) is 4.54. The maximum Gasteiger partial charge on any atom is 0.237 e. The minimum Gasteiger partial charge on any atom is -0.380 e. The van der Waals surface area contributed by atoms with Crippen LogP contribution >= 0.6 is 0 Å². The number of carbonyl (C=O) groups excluding carboxylic acids is 1. The highest BCUT2D eigenvalue weighted by Crippen LogP contribution is 2.23. The molecule has 1 aliphatic carbocycles. The Bertz CT molecular complexity index is 478. The third kappa shape index (κ3) is 2.58. The Morgan fingerprint density at radius 1 is 1.30 bits per heavy atom. The molecule has 1 aromatic carbocycles. The number of nitrogens with zero attached hydrogens (tertiary/aromatic N) is 1. The maximum absolute atomic E-state index is 12.4. The highest BCUT2D eigenvalue weighted by Gasteiger charge is 2.35. The SMILES string of the molecule is CO[C@H]1C[C@@H](C(=O)NC2Cc3ccccc3C2)N(C)C1. The molecule has 0 aromatic heterocycles. The van der Waals surface area contributed by atoms with Crippen LogP contribution < -0.4 is 5.32 Å². The summed E-state index contributed by atoms with van der Waals surface area (Å²) in [5.41, 5.74) is 2.74. The Morgan fingerprint density at radius 2 is 1.95 bits per heavy atom. The van der Waals surface area contributed by atoms with Crippen molar-refractivity contribution in [1.82, 2.24) is 10.2 Å². The lowest BCUT2D eigenvalue weighted by Gasteiger charge is -2.21. The molecule has 0 bridgehead atoms. The number of fused-ring (bicyclic) bond motifs is 1. The molecule has 2 aliphatic rings. The van der Waals surface area contributed by atoms with Crippen LogP contribution in [0.15, 0.2) is 24.3 Å². The summed E-state index contributed by atoms with van der Waals surface area (Å²) in [6.45, 7) is 0.833. The van der Waals surface area contributed by atoms with Crippen LogP contribution in [0.5, 0.6) is 0 Å². The fraction of sp³-hybridized carbons (Fsp3) is 0.562. The number of benzene rings is 1. The normalized spacial score (nSPS) is 26.7. The molecule has 4 nitrogen and oxygen atoms in total. The Morgan fingerprint density at radius 3 is 2.50 bits per heavy atom. The van der Waals surface area contributed by atoms with E-state index in [1.54, 1.807) is 7.11 Å². The summed E-state index contributed by atoms with van der Waals surface area (Å²) in [5, 5.41) is 3.21. The molecular formula is C16H22N2O2. The van der Waals surface area contributed by atoms with Gasteiger partial charge in [-0.1, -0.05) is 24.3 Å². The quantitative estimate of drug-likeness (QED) is 0.893. The second-order valence-corrected chi connectivity index (χ2v) is 5.93. The number of amides is 1. The van der Waals surface area contributed by atoms with Crippen molar-refractivity contribution in [3.63, 3.8) is 0 Å². The Kier molecular flexibility index (Phi) is 3.76. The van der Waals surface area contributed by atoms with E-state index in [0.717, 1.165) is 25.8 Å². The van der Waals surface area contributed by atoms with Crippen molar-refractivity contribution < 1.29 is 9.53 Å². The van der Waals surface area contributed by atoms with E-state index in [1.807, 2.05) is 7.05 Å². The molecule has 0 saturated carbocycles. The fourth-order valence-electron chi connectivity index (χ4n) is 3.39. The lowest BCUT2D eigenvalue weighted by atomic mass is 10.1. The molecule has 1 fully saturated rings. The molecule has 0 unspecified atom stereocenters. The van der Waals surface area contributed by atoms with Gasteiger partial charge in [0.25, 0.3) is 0 Å². The number of methoxy groups -OCH3 is 1. The van der Waals surface area contributed by atoms with Crippen LogP contribution in [-0.2, 0) is 22.4 Å². The first-order valence-corrected chi connectivity index (χ1v) is 7.27. The lowest BCUT2D eigenvalue weighted by Crippen LogP contribution is -2.46. The summed E-state index contributed by atoms with van der Waals surface area (Å²) < 4.78 is 5.36. The van der Waals surface area contributed by atoms with Crippen molar-refractivity contribution in [2.24, 2.45) is 0 Å². The van der Waals surface area contributed by atoms with E-state index in [-0.39, 0.29) is 24.1 Å². The van der Waals surface area contributed by atoms with Crippen LogP contribution in [0.1, 0.15) is 17.5 Å². The van der Waals surface area contributed by atoms with E-state index >= 15 is 0 Å². The van der Waals surface area contributed by atoms with Crippen molar-refractivity contribution in [2.75, 3.05) is 20.7 Å². The molecule has 1 aliphatic heterocycles. The largest absolute Gasteiger partial charge is 0.380 e. The molecule has 1 aromatic rings. The van der Waals surface area contributed by atoms with Gasteiger partial charge < -0.3 is 10.1 Å². The highest BCUT2D eigenvalue weighted by molar-refractivity contribution is 5.82. The monoisotopic (exact) mass is 274 g/mol. The van der Waals surface area contributed by atoms with Gasteiger partial charge >= 0.3 is 0 Å². The number of carbonyl (C=O) groups is 1. The lowest BCUT2D eigenvalue weighted by molar-refractivity contribution is -0.125. The number of hydrogen-bond acceptors (Lipinski definition) is 3. The summed E-state index contributed by atoms with van der Waals surface area (Å²) in [7, 11) is 3.71. The molecule has 3 rings (SSSR count). The van der Waals surface area contributed by atoms with Crippen LogP contribution in [0.3, 0.4) is 0 Å². The molecular weight excluding hydrogens is 252 g/mol. The van der Waals surface area contributed by atoms with Gasteiger partial charge in [-0.25, -0.2) is 0 Å². The molecule has 108 valence electrons. The van der Waals surface area contributed by atoms with Gasteiger partial charge in [0.1, 0.15) is 0 Å². The summed E-state index contributed by atoms with van der Waals surface area (Å²) in [5.74, 6) is 0.143. The van der Waals surface area contributed by atoms with Gasteiger partial charge in [-0.2, -0.15) is 0 Å². The Hall–Kier alpha value is -1.39. The van der Waals surface area contributed by atoms with Gasteiger partial charge in [-0.05, 0) is 37.4 Å². The topological polar surface area (TPSA) is 41.6 Å². The van der Waals surface area contributed by atoms with Crippen LogP contribution in [0.25, 0.3) is 0 Å². The van der Waals surface area contributed by atoms with Crippen molar-refractivity contribution >= 4 is 5.91 Å². The summed E-state index contributed by atoms with van der Waals surface area (Å²) in [6, 6.07) is 8.64. The number of likely N-dealkylation sites (tertiary alicyclic amines) is 1. The molecule has 1 heterocycles. The molecule has 0 spiro atoms. The van der Waals surface area contributed by atoms with E-state index in [9.17, 15) is 4.79 Å². The zero-order chi connectivity index (χ0) is 14.1. The average molecular weight is 274 g/mol.